The van der Waals surface area contributed by atoms with Crippen molar-refractivity contribution in [2.45, 2.75) is 38.1 Å². The average molecular weight is 393 g/mol. The van der Waals surface area contributed by atoms with E-state index in [4.69, 9.17) is 4.74 Å². The molecule has 2 aliphatic rings. The predicted molar refractivity (Wildman–Crippen MR) is 92.9 cm³/mol. The Morgan fingerprint density at radius 2 is 2.17 bits per heavy atom. The predicted octanol–water partition coefficient (Wildman–Crippen LogP) is 2.91. The molecule has 0 radical (unpaired) electrons. The van der Waals surface area contributed by atoms with Gasteiger partial charge in [0.1, 0.15) is 0 Å². The number of piperidine rings is 2. The van der Waals surface area contributed by atoms with E-state index in [0.29, 0.717) is 29.9 Å². The van der Waals surface area contributed by atoms with E-state index in [1.165, 1.54) is 38.8 Å². The first-order chi connectivity index (χ1) is 11.7. The molecule has 0 unspecified atom stereocenters. The quantitative estimate of drug-likeness (QED) is 0.751. The van der Waals surface area contributed by atoms with Crippen molar-refractivity contribution in [2.75, 3.05) is 19.7 Å². The lowest BCUT2D eigenvalue weighted by molar-refractivity contribution is 0.00700. The number of fused-ring (bicyclic) bond motifs is 2. The number of hydrogen-bond donors (Lipinski definition) is 0. The van der Waals surface area contributed by atoms with Gasteiger partial charge in [0.25, 0.3) is 0 Å². The highest BCUT2D eigenvalue weighted by Gasteiger charge is 2.33. The minimum Gasteiger partial charge on any atom is -0.461 e. The maximum atomic E-state index is 12.4. The molecule has 0 bridgehead atoms. The SMILES string of the molecule is O=C(OC[C@@H]1CCCN2CCCC[C@H]12)c1cc2ncc(Br)cn2n1. The van der Waals surface area contributed by atoms with Crippen LogP contribution >= 0.6 is 15.9 Å². The summed E-state index contributed by atoms with van der Waals surface area (Å²) in [5.74, 6) is 0.0943. The van der Waals surface area contributed by atoms with Gasteiger partial charge in [-0.15, -0.1) is 0 Å². The van der Waals surface area contributed by atoms with Crippen LogP contribution in [-0.4, -0.2) is 51.2 Å². The lowest BCUT2D eigenvalue weighted by atomic mass is 9.84. The molecule has 2 aromatic rings. The second kappa shape index (κ2) is 6.80. The molecule has 7 heteroatoms. The fourth-order valence-corrected chi connectivity index (χ4v) is 4.28. The first kappa shape index (κ1) is 16.0. The molecule has 0 aromatic carbocycles. The maximum absolute atomic E-state index is 12.4. The summed E-state index contributed by atoms with van der Waals surface area (Å²) in [6, 6.07) is 2.25. The largest absolute Gasteiger partial charge is 0.461 e. The summed E-state index contributed by atoms with van der Waals surface area (Å²) in [5.41, 5.74) is 0.957. The van der Waals surface area contributed by atoms with Crippen molar-refractivity contribution < 1.29 is 9.53 Å². The van der Waals surface area contributed by atoms with Gasteiger partial charge in [0.05, 0.1) is 11.1 Å². The lowest BCUT2D eigenvalue weighted by Gasteiger charge is -2.44. The molecular weight excluding hydrogens is 372 g/mol. The topological polar surface area (TPSA) is 59.7 Å². The van der Waals surface area contributed by atoms with Crippen LogP contribution in [0.1, 0.15) is 42.6 Å². The molecule has 0 saturated carbocycles. The van der Waals surface area contributed by atoms with E-state index < -0.39 is 0 Å². The average Bonchev–Trinajstić information content (AvgIpc) is 3.03. The van der Waals surface area contributed by atoms with E-state index in [2.05, 4.69) is 30.9 Å². The Labute approximate surface area is 149 Å². The Bertz CT molecular complexity index is 745. The van der Waals surface area contributed by atoms with Gasteiger partial charge in [-0.25, -0.2) is 14.3 Å². The zero-order valence-corrected chi connectivity index (χ0v) is 15.1. The summed E-state index contributed by atoms with van der Waals surface area (Å²) < 4.78 is 8.00. The minimum absolute atomic E-state index is 0.317. The fourth-order valence-electron chi connectivity index (χ4n) is 3.98. The second-order valence-electron chi connectivity index (χ2n) is 6.70. The molecule has 0 amide bonds. The zero-order valence-electron chi connectivity index (χ0n) is 13.5. The van der Waals surface area contributed by atoms with Crippen molar-refractivity contribution >= 4 is 27.5 Å². The van der Waals surface area contributed by atoms with Crippen LogP contribution in [0.15, 0.2) is 22.9 Å². The molecule has 0 N–H and O–H groups in total. The molecule has 128 valence electrons. The Kier molecular flexibility index (Phi) is 4.54. The molecule has 2 saturated heterocycles. The molecule has 2 fully saturated rings. The van der Waals surface area contributed by atoms with E-state index in [1.54, 1.807) is 23.0 Å². The highest BCUT2D eigenvalue weighted by atomic mass is 79.9. The van der Waals surface area contributed by atoms with Crippen molar-refractivity contribution in [2.24, 2.45) is 5.92 Å². The summed E-state index contributed by atoms with van der Waals surface area (Å²) in [6.45, 7) is 2.88. The van der Waals surface area contributed by atoms with Gasteiger partial charge in [0.15, 0.2) is 11.3 Å². The van der Waals surface area contributed by atoms with Crippen LogP contribution in [0.5, 0.6) is 0 Å². The molecule has 2 atom stereocenters. The van der Waals surface area contributed by atoms with E-state index in [9.17, 15) is 4.79 Å². The summed E-state index contributed by atoms with van der Waals surface area (Å²) in [4.78, 5) is 19.2. The third-order valence-electron chi connectivity index (χ3n) is 5.15. The molecule has 4 heterocycles. The number of carbonyl (C=O) groups excluding carboxylic acids is 1. The molecular formula is C17H21BrN4O2. The number of ether oxygens (including phenoxy) is 1. The molecule has 6 nitrogen and oxygen atoms in total. The Morgan fingerprint density at radius 3 is 3.08 bits per heavy atom. The van der Waals surface area contributed by atoms with Gasteiger partial charge in [-0.05, 0) is 54.7 Å². The monoisotopic (exact) mass is 392 g/mol. The second-order valence-corrected chi connectivity index (χ2v) is 7.62. The van der Waals surface area contributed by atoms with Crippen molar-refractivity contribution in [3.05, 3.63) is 28.6 Å². The molecule has 0 spiro atoms. The number of esters is 1. The summed E-state index contributed by atoms with van der Waals surface area (Å²) in [5, 5.41) is 4.26. The molecule has 0 aliphatic carbocycles. The van der Waals surface area contributed by atoms with Crippen molar-refractivity contribution in [3.8, 4) is 0 Å². The highest BCUT2D eigenvalue weighted by molar-refractivity contribution is 9.10. The van der Waals surface area contributed by atoms with E-state index in [0.717, 1.165) is 10.9 Å². The first-order valence-corrected chi connectivity index (χ1v) is 9.42. The lowest BCUT2D eigenvalue weighted by Crippen LogP contribution is -2.49. The van der Waals surface area contributed by atoms with Gasteiger partial charge >= 0.3 is 5.97 Å². The van der Waals surface area contributed by atoms with Crippen LogP contribution in [-0.2, 0) is 4.74 Å². The molecule has 2 aliphatic heterocycles. The summed E-state index contributed by atoms with van der Waals surface area (Å²) in [6.07, 6.45) is 9.63. The summed E-state index contributed by atoms with van der Waals surface area (Å²) >= 11 is 3.35. The third-order valence-corrected chi connectivity index (χ3v) is 5.56. The number of rotatable bonds is 3. The van der Waals surface area contributed by atoms with Crippen LogP contribution in [0.2, 0.25) is 0 Å². The van der Waals surface area contributed by atoms with Crippen LogP contribution in [0.4, 0.5) is 0 Å². The number of nitrogens with zero attached hydrogens (tertiary/aromatic N) is 4. The Balaban J connectivity index is 1.41. The first-order valence-electron chi connectivity index (χ1n) is 8.63. The van der Waals surface area contributed by atoms with Gasteiger partial charge in [-0.3, -0.25) is 4.90 Å². The number of halogens is 1. The van der Waals surface area contributed by atoms with Gasteiger partial charge < -0.3 is 4.74 Å². The number of carbonyl (C=O) groups is 1. The number of aromatic nitrogens is 3. The van der Waals surface area contributed by atoms with Gasteiger partial charge in [-0.2, -0.15) is 5.10 Å². The highest BCUT2D eigenvalue weighted by Crippen LogP contribution is 2.31. The molecule has 24 heavy (non-hydrogen) atoms. The normalized spacial score (nSPS) is 24.7. The van der Waals surface area contributed by atoms with Crippen LogP contribution in [0.3, 0.4) is 0 Å². The summed E-state index contributed by atoms with van der Waals surface area (Å²) in [7, 11) is 0. The third kappa shape index (κ3) is 3.19. The van der Waals surface area contributed by atoms with Crippen LogP contribution in [0, 0.1) is 5.92 Å². The zero-order chi connectivity index (χ0) is 16.5. The minimum atomic E-state index is -0.357. The van der Waals surface area contributed by atoms with Crippen LogP contribution in [0.25, 0.3) is 5.65 Å². The Morgan fingerprint density at radius 1 is 1.29 bits per heavy atom. The van der Waals surface area contributed by atoms with E-state index in [-0.39, 0.29) is 5.97 Å². The van der Waals surface area contributed by atoms with Crippen molar-refractivity contribution in [1.82, 2.24) is 19.5 Å². The van der Waals surface area contributed by atoms with Crippen molar-refractivity contribution in [3.63, 3.8) is 0 Å². The van der Waals surface area contributed by atoms with Gasteiger partial charge in [-0.1, -0.05) is 6.42 Å². The van der Waals surface area contributed by atoms with Crippen LogP contribution < -0.4 is 0 Å². The van der Waals surface area contributed by atoms with Gasteiger partial charge in [0, 0.05) is 30.4 Å². The molecule has 4 rings (SSSR count). The maximum Gasteiger partial charge on any atom is 0.358 e. The smallest absolute Gasteiger partial charge is 0.358 e. The van der Waals surface area contributed by atoms with E-state index in [1.807, 2.05) is 0 Å². The fraction of sp³-hybridized carbons (Fsp3) is 0.588. The van der Waals surface area contributed by atoms with Gasteiger partial charge in [0.2, 0.25) is 0 Å². The van der Waals surface area contributed by atoms with E-state index >= 15 is 0 Å². The standard InChI is InChI=1S/C17H21BrN4O2/c18-13-9-19-16-8-14(20-22(16)10-13)17(23)24-11-12-4-3-7-21-6-2-1-5-15(12)21/h8-10,12,15H,1-7,11H2/t12-,15+/m0/s1. The number of hydrogen-bond acceptors (Lipinski definition) is 5. The van der Waals surface area contributed by atoms with Crippen molar-refractivity contribution in [1.29, 1.82) is 0 Å². The molecule has 2 aromatic heterocycles. The Hall–Kier alpha value is -1.47.